The van der Waals surface area contributed by atoms with Crippen molar-refractivity contribution in [1.29, 1.82) is 0 Å². The van der Waals surface area contributed by atoms with Crippen molar-refractivity contribution >= 4 is 30.5 Å². The molecule has 194 valence electrons. The average molecular weight is 525 g/mol. The Balaban J connectivity index is 0.00000171. The van der Waals surface area contributed by atoms with Gasteiger partial charge in [-0.1, -0.05) is 12.1 Å². The summed E-state index contributed by atoms with van der Waals surface area (Å²) in [6.07, 6.45) is 1.22. The number of nitrogens with one attached hydrogen (secondary N) is 1. The number of anilines is 1. The second-order valence-electron chi connectivity index (χ2n) is 10.8. The van der Waals surface area contributed by atoms with Crippen LogP contribution in [0, 0.1) is 32.5 Å². The van der Waals surface area contributed by atoms with E-state index >= 15 is 0 Å². The Kier molecular flexibility index (Phi) is 8.69. The van der Waals surface area contributed by atoms with Crippen LogP contribution in [-0.2, 0) is 6.54 Å². The van der Waals surface area contributed by atoms with Gasteiger partial charge in [0.2, 0.25) is 0 Å². The summed E-state index contributed by atoms with van der Waals surface area (Å²) in [7, 11) is 0. The van der Waals surface area contributed by atoms with E-state index in [1.54, 1.807) is 12.1 Å². The van der Waals surface area contributed by atoms with Crippen LogP contribution in [0.25, 0.3) is 0 Å². The highest BCUT2D eigenvalue weighted by Crippen LogP contribution is 2.55. The number of rotatable bonds is 4. The maximum absolute atomic E-state index is 13.2. The summed E-state index contributed by atoms with van der Waals surface area (Å²) in [5, 5.41) is 3.58. The van der Waals surface area contributed by atoms with E-state index < -0.39 is 0 Å². The number of benzene rings is 2. The van der Waals surface area contributed by atoms with E-state index in [9.17, 15) is 4.39 Å². The van der Waals surface area contributed by atoms with Crippen molar-refractivity contribution < 1.29 is 9.13 Å². The number of hydrogen-bond donors (Lipinski definition) is 1. The zero-order chi connectivity index (χ0) is 23.3. The van der Waals surface area contributed by atoms with Gasteiger partial charge in [-0.3, -0.25) is 4.90 Å². The molecule has 2 saturated heterocycles. The molecular weight excluding hydrogens is 484 g/mol. The Hall–Kier alpha value is -1.53. The van der Waals surface area contributed by atoms with Gasteiger partial charge in [-0.25, -0.2) is 4.39 Å². The van der Waals surface area contributed by atoms with E-state index in [4.69, 9.17) is 4.74 Å². The number of halogens is 3. The molecule has 0 aliphatic carbocycles. The van der Waals surface area contributed by atoms with Crippen LogP contribution >= 0.6 is 24.8 Å². The van der Waals surface area contributed by atoms with Gasteiger partial charge in [-0.15, -0.1) is 24.8 Å². The normalized spacial score (nSPS) is 23.3. The highest BCUT2D eigenvalue weighted by molar-refractivity contribution is 5.85. The molecule has 2 atom stereocenters. The number of ether oxygens (including phenoxy) is 1. The molecule has 0 spiro atoms. The van der Waals surface area contributed by atoms with Gasteiger partial charge in [-0.05, 0) is 94.4 Å². The molecule has 4 nitrogen and oxygen atoms in total. The second kappa shape index (κ2) is 10.8. The SMILES string of the molecule is Cc1c(C)c(N2CCN(Cc3ccc(F)cc3)CC2)c(C)c2c1OC(C)(C)C2C1CCNC1.Cl.Cl. The summed E-state index contributed by atoms with van der Waals surface area (Å²) >= 11 is 0. The van der Waals surface area contributed by atoms with E-state index in [2.05, 4.69) is 49.7 Å². The van der Waals surface area contributed by atoms with E-state index in [1.165, 1.54) is 39.9 Å². The van der Waals surface area contributed by atoms with Crippen LogP contribution < -0.4 is 15.0 Å². The van der Waals surface area contributed by atoms with E-state index in [-0.39, 0.29) is 36.2 Å². The summed E-state index contributed by atoms with van der Waals surface area (Å²) in [4.78, 5) is 5.07. The maximum atomic E-state index is 13.2. The lowest BCUT2D eigenvalue weighted by molar-refractivity contribution is 0.0884. The number of piperazine rings is 1. The summed E-state index contributed by atoms with van der Waals surface area (Å²) in [6, 6.07) is 6.93. The first-order chi connectivity index (χ1) is 15.8. The minimum Gasteiger partial charge on any atom is -0.487 e. The van der Waals surface area contributed by atoms with Gasteiger partial charge in [0.25, 0.3) is 0 Å². The summed E-state index contributed by atoms with van der Waals surface area (Å²) < 4.78 is 19.9. The zero-order valence-electron chi connectivity index (χ0n) is 21.6. The molecule has 0 saturated carbocycles. The number of nitrogens with zero attached hydrogens (tertiary/aromatic N) is 2. The first kappa shape index (κ1) is 28.0. The van der Waals surface area contributed by atoms with Gasteiger partial charge in [0.1, 0.15) is 17.2 Å². The van der Waals surface area contributed by atoms with Crippen LogP contribution in [0.2, 0.25) is 0 Å². The highest BCUT2D eigenvalue weighted by atomic mass is 35.5. The molecule has 3 aliphatic heterocycles. The van der Waals surface area contributed by atoms with Crippen molar-refractivity contribution in [3.8, 4) is 5.75 Å². The Morgan fingerprint density at radius 2 is 1.63 bits per heavy atom. The molecule has 35 heavy (non-hydrogen) atoms. The monoisotopic (exact) mass is 523 g/mol. The van der Waals surface area contributed by atoms with Gasteiger partial charge in [0, 0.05) is 49.9 Å². The molecule has 5 rings (SSSR count). The molecule has 2 unspecified atom stereocenters. The van der Waals surface area contributed by atoms with Crippen molar-refractivity contribution in [2.24, 2.45) is 5.92 Å². The molecule has 7 heteroatoms. The summed E-state index contributed by atoms with van der Waals surface area (Å²) in [5.41, 5.74) is 7.97. The lowest BCUT2D eigenvalue weighted by Gasteiger charge is -2.38. The molecule has 0 radical (unpaired) electrons. The van der Waals surface area contributed by atoms with E-state index in [1.807, 2.05) is 12.1 Å². The molecule has 3 heterocycles. The predicted molar refractivity (Wildman–Crippen MR) is 147 cm³/mol. The van der Waals surface area contributed by atoms with Crippen molar-refractivity contribution in [3.63, 3.8) is 0 Å². The van der Waals surface area contributed by atoms with Crippen molar-refractivity contribution in [2.75, 3.05) is 44.2 Å². The Labute approximate surface area is 222 Å². The zero-order valence-corrected chi connectivity index (χ0v) is 23.3. The van der Waals surface area contributed by atoms with Crippen LogP contribution in [0.3, 0.4) is 0 Å². The van der Waals surface area contributed by atoms with Gasteiger partial charge >= 0.3 is 0 Å². The quantitative estimate of drug-likeness (QED) is 0.549. The van der Waals surface area contributed by atoms with Crippen molar-refractivity contribution in [3.05, 3.63) is 57.9 Å². The first-order valence-corrected chi connectivity index (χ1v) is 12.5. The van der Waals surface area contributed by atoms with Gasteiger partial charge in [-0.2, -0.15) is 0 Å². The third kappa shape index (κ3) is 5.16. The molecular formula is C28H40Cl2FN3O. The number of hydrogen-bond acceptors (Lipinski definition) is 4. The van der Waals surface area contributed by atoms with Crippen LogP contribution in [0.5, 0.6) is 5.75 Å². The Bertz CT molecular complexity index is 1030. The third-order valence-corrected chi connectivity index (χ3v) is 8.27. The predicted octanol–water partition coefficient (Wildman–Crippen LogP) is 5.78. The minimum atomic E-state index is -0.173. The maximum Gasteiger partial charge on any atom is 0.127 e. The van der Waals surface area contributed by atoms with Crippen LogP contribution in [0.1, 0.15) is 54.0 Å². The van der Waals surface area contributed by atoms with Gasteiger partial charge < -0.3 is 15.0 Å². The lowest BCUT2D eigenvalue weighted by Crippen LogP contribution is -2.46. The van der Waals surface area contributed by atoms with Crippen molar-refractivity contribution in [2.45, 2.75) is 59.1 Å². The van der Waals surface area contributed by atoms with E-state index in [0.29, 0.717) is 11.8 Å². The van der Waals surface area contributed by atoms with Crippen LogP contribution in [0.4, 0.5) is 10.1 Å². The fourth-order valence-corrected chi connectivity index (χ4v) is 6.53. The smallest absolute Gasteiger partial charge is 0.127 e. The topological polar surface area (TPSA) is 27.7 Å². The Morgan fingerprint density at radius 3 is 2.23 bits per heavy atom. The third-order valence-electron chi connectivity index (χ3n) is 8.27. The lowest BCUT2D eigenvalue weighted by atomic mass is 9.74. The van der Waals surface area contributed by atoms with Crippen molar-refractivity contribution in [1.82, 2.24) is 10.2 Å². The molecule has 2 fully saturated rings. The fourth-order valence-electron chi connectivity index (χ4n) is 6.53. The van der Waals surface area contributed by atoms with Gasteiger partial charge in [0.05, 0.1) is 0 Å². The largest absolute Gasteiger partial charge is 0.487 e. The number of fused-ring (bicyclic) bond motifs is 1. The average Bonchev–Trinajstić information content (AvgIpc) is 3.40. The van der Waals surface area contributed by atoms with Crippen LogP contribution in [0.15, 0.2) is 24.3 Å². The minimum absolute atomic E-state index is 0. The molecule has 2 aromatic rings. The molecule has 2 aromatic carbocycles. The van der Waals surface area contributed by atoms with Gasteiger partial charge in [0.15, 0.2) is 0 Å². The molecule has 3 aliphatic rings. The molecule has 0 bridgehead atoms. The Morgan fingerprint density at radius 1 is 0.971 bits per heavy atom. The molecule has 0 amide bonds. The fraction of sp³-hybridized carbons (Fsp3) is 0.571. The van der Waals surface area contributed by atoms with E-state index in [0.717, 1.165) is 51.6 Å². The summed E-state index contributed by atoms with van der Waals surface area (Å²) in [5.74, 6) is 2.04. The summed E-state index contributed by atoms with van der Waals surface area (Å²) in [6.45, 7) is 18.5. The molecule has 1 N–H and O–H groups in total. The molecule has 0 aromatic heterocycles. The van der Waals surface area contributed by atoms with Crippen LogP contribution in [-0.4, -0.2) is 49.8 Å². The standard InChI is InChI=1S/C28H38FN3O.2ClH/c1-18-19(2)27-24(25(28(4,5)33-27)22-10-11-30-16-22)20(3)26(18)32-14-12-31(13-15-32)17-21-6-8-23(29)9-7-21;;/h6-9,22,25,30H,10-17H2,1-5H3;2*1H. The first-order valence-electron chi connectivity index (χ1n) is 12.5. The highest BCUT2D eigenvalue weighted by Gasteiger charge is 2.48. The second-order valence-corrected chi connectivity index (χ2v) is 10.8.